The van der Waals surface area contributed by atoms with Gasteiger partial charge in [-0.25, -0.2) is 4.98 Å². The number of thiazole rings is 1. The number of rotatable bonds is 4. The zero-order chi connectivity index (χ0) is 14.5. The normalized spacial score (nSPS) is 17.4. The Morgan fingerprint density at radius 2 is 2.33 bits per heavy atom. The van der Waals surface area contributed by atoms with E-state index in [9.17, 15) is 4.79 Å². The van der Waals surface area contributed by atoms with Gasteiger partial charge in [0.1, 0.15) is 5.75 Å². The molecule has 0 spiro atoms. The topological polar surface area (TPSA) is 51.2 Å². The minimum Gasteiger partial charge on any atom is -0.493 e. The maximum absolute atomic E-state index is 12.3. The molecule has 0 bridgehead atoms. The number of carbonyl (C=O) groups is 1. The van der Waals surface area contributed by atoms with Crippen molar-refractivity contribution in [2.75, 3.05) is 13.2 Å². The van der Waals surface area contributed by atoms with Gasteiger partial charge >= 0.3 is 0 Å². The molecule has 4 nitrogen and oxygen atoms in total. The van der Waals surface area contributed by atoms with E-state index < -0.39 is 0 Å². The molecule has 0 aliphatic carbocycles. The maximum Gasteiger partial charge on any atom is 0.223 e. The molecule has 2 heterocycles. The van der Waals surface area contributed by atoms with Crippen LogP contribution in [-0.4, -0.2) is 24.0 Å². The zero-order valence-electron chi connectivity index (χ0n) is 11.7. The third kappa shape index (κ3) is 3.61. The second-order valence-corrected chi connectivity index (χ2v) is 6.09. The number of aromatic nitrogens is 1. The van der Waals surface area contributed by atoms with Gasteiger partial charge < -0.3 is 10.1 Å². The van der Waals surface area contributed by atoms with E-state index >= 15 is 0 Å². The molecule has 0 fully saturated rings. The number of nitrogens with zero attached hydrogens (tertiary/aromatic N) is 1. The van der Waals surface area contributed by atoms with Crippen LogP contribution in [0, 0.1) is 5.92 Å². The van der Waals surface area contributed by atoms with E-state index in [0.717, 1.165) is 35.6 Å². The fourth-order valence-electron chi connectivity index (χ4n) is 2.53. The van der Waals surface area contributed by atoms with Crippen molar-refractivity contribution in [1.82, 2.24) is 10.3 Å². The van der Waals surface area contributed by atoms with Crippen LogP contribution in [0.2, 0.25) is 0 Å². The number of fused-ring (bicyclic) bond motifs is 1. The Morgan fingerprint density at radius 3 is 3.19 bits per heavy atom. The number of ether oxygens (including phenoxy) is 1. The van der Waals surface area contributed by atoms with Crippen molar-refractivity contribution in [3.63, 3.8) is 0 Å². The largest absolute Gasteiger partial charge is 0.493 e. The lowest BCUT2D eigenvalue weighted by Gasteiger charge is -2.13. The quantitative estimate of drug-likeness (QED) is 0.944. The van der Waals surface area contributed by atoms with Crippen LogP contribution in [0.25, 0.3) is 0 Å². The highest BCUT2D eigenvalue weighted by Crippen LogP contribution is 2.26. The standard InChI is InChI=1S/C16H18N2O2S/c19-16(18-7-5-15-17-8-10-21-15)13-6-9-20-14-4-2-1-3-12(14)11-13/h1-4,8,10,13H,5-7,9,11H2,(H,18,19)/t13-/m1/s1. The molecule has 0 unspecified atom stereocenters. The zero-order valence-corrected chi connectivity index (χ0v) is 12.6. The summed E-state index contributed by atoms with van der Waals surface area (Å²) in [7, 11) is 0. The van der Waals surface area contributed by atoms with Gasteiger partial charge in [-0.2, -0.15) is 0 Å². The van der Waals surface area contributed by atoms with Crippen molar-refractivity contribution in [2.45, 2.75) is 19.3 Å². The average molecular weight is 302 g/mol. The van der Waals surface area contributed by atoms with Gasteiger partial charge in [-0.1, -0.05) is 18.2 Å². The second kappa shape index (κ2) is 6.72. The Kier molecular flexibility index (Phi) is 4.50. The van der Waals surface area contributed by atoms with Crippen molar-refractivity contribution in [1.29, 1.82) is 0 Å². The van der Waals surface area contributed by atoms with Crippen LogP contribution in [0.4, 0.5) is 0 Å². The molecule has 0 radical (unpaired) electrons. The van der Waals surface area contributed by atoms with E-state index in [1.807, 2.05) is 29.6 Å². The predicted octanol–water partition coefficient (Wildman–Crippen LogP) is 2.44. The van der Waals surface area contributed by atoms with Crippen LogP contribution >= 0.6 is 11.3 Å². The molecular weight excluding hydrogens is 284 g/mol. The minimum absolute atomic E-state index is 0.00931. The van der Waals surface area contributed by atoms with Crippen molar-refractivity contribution in [3.05, 3.63) is 46.4 Å². The van der Waals surface area contributed by atoms with Gasteiger partial charge in [-0.3, -0.25) is 4.79 Å². The molecule has 21 heavy (non-hydrogen) atoms. The number of hydrogen-bond donors (Lipinski definition) is 1. The molecule has 110 valence electrons. The van der Waals surface area contributed by atoms with E-state index in [2.05, 4.69) is 10.3 Å². The van der Waals surface area contributed by atoms with E-state index in [4.69, 9.17) is 4.74 Å². The summed E-state index contributed by atoms with van der Waals surface area (Å²) >= 11 is 1.62. The molecule has 1 aliphatic rings. The molecule has 0 saturated carbocycles. The fourth-order valence-corrected chi connectivity index (χ4v) is 3.15. The summed E-state index contributed by atoms with van der Waals surface area (Å²) in [6.07, 6.45) is 4.10. The van der Waals surface area contributed by atoms with E-state index in [1.54, 1.807) is 17.5 Å². The van der Waals surface area contributed by atoms with Crippen LogP contribution in [0.15, 0.2) is 35.8 Å². The highest BCUT2D eigenvalue weighted by Gasteiger charge is 2.23. The molecule has 5 heteroatoms. The smallest absolute Gasteiger partial charge is 0.223 e. The highest BCUT2D eigenvalue weighted by atomic mass is 32.1. The molecule has 1 aliphatic heterocycles. The first kappa shape index (κ1) is 14.1. The van der Waals surface area contributed by atoms with Crippen molar-refractivity contribution in [3.8, 4) is 5.75 Å². The molecule has 3 rings (SSSR count). The van der Waals surface area contributed by atoms with Crippen LogP contribution < -0.4 is 10.1 Å². The molecule has 1 aromatic heterocycles. The summed E-state index contributed by atoms with van der Waals surface area (Å²) in [5.74, 6) is 1.02. The van der Waals surface area contributed by atoms with Gasteiger partial charge in [0, 0.05) is 30.5 Å². The average Bonchev–Trinajstić information content (AvgIpc) is 2.91. The number of nitrogens with one attached hydrogen (secondary N) is 1. The summed E-state index contributed by atoms with van der Waals surface area (Å²) in [6.45, 7) is 1.24. The first-order valence-corrected chi connectivity index (χ1v) is 8.07. The Hall–Kier alpha value is -1.88. The number of benzene rings is 1. The minimum atomic E-state index is -0.00931. The monoisotopic (exact) mass is 302 g/mol. The lowest BCUT2D eigenvalue weighted by molar-refractivity contribution is -0.125. The summed E-state index contributed by atoms with van der Waals surface area (Å²) in [5, 5.41) is 6.04. The van der Waals surface area contributed by atoms with Gasteiger partial charge in [0.2, 0.25) is 5.91 Å². The predicted molar refractivity (Wildman–Crippen MR) is 82.6 cm³/mol. The molecule has 1 N–H and O–H groups in total. The fraction of sp³-hybridized carbons (Fsp3) is 0.375. The number of hydrogen-bond acceptors (Lipinski definition) is 4. The third-order valence-corrected chi connectivity index (χ3v) is 4.49. The SMILES string of the molecule is O=C(NCCc1nccs1)[C@@H]1CCOc2ccccc2C1. The van der Waals surface area contributed by atoms with Gasteiger partial charge in [-0.05, 0) is 24.5 Å². The highest BCUT2D eigenvalue weighted by molar-refractivity contribution is 7.09. The van der Waals surface area contributed by atoms with Crippen LogP contribution in [0.5, 0.6) is 5.75 Å². The molecule has 2 aromatic rings. The van der Waals surface area contributed by atoms with Crippen molar-refractivity contribution >= 4 is 17.2 Å². The van der Waals surface area contributed by atoms with Crippen molar-refractivity contribution in [2.24, 2.45) is 5.92 Å². The first-order valence-electron chi connectivity index (χ1n) is 7.20. The third-order valence-electron chi connectivity index (χ3n) is 3.66. The van der Waals surface area contributed by atoms with E-state index in [-0.39, 0.29) is 11.8 Å². The number of para-hydroxylation sites is 1. The number of amides is 1. The Balaban J connectivity index is 1.55. The number of carbonyl (C=O) groups excluding carboxylic acids is 1. The van der Waals surface area contributed by atoms with Gasteiger partial charge in [0.15, 0.2) is 0 Å². The van der Waals surface area contributed by atoms with Crippen LogP contribution in [0.1, 0.15) is 17.0 Å². The molecule has 1 amide bonds. The Morgan fingerprint density at radius 1 is 1.43 bits per heavy atom. The van der Waals surface area contributed by atoms with E-state index in [1.165, 1.54) is 0 Å². The molecule has 0 saturated heterocycles. The van der Waals surface area contributed by atoms with E-state index in [0.29, 0.717) is 13.2 Å². The van der Waals surface area contributed by atoms with Gasteiger partial charge in [0.25, 0.3) is 0 Å². The first-order chi connectivity index (χ1) is 10.3. The maximum atomic E-state index is 12.3. The summed E-state index contributed by atoms with van der Waals surface area (Å²) in [4.78, 5) is 16.5. The second-order valence-electron chi connectivity index (χ2n) is 5.11. The summed E-state index contributed by atoms with van der Waals surface area (Å²) in [6, 6.07) is 7.97. The molecule has 1 aromatic carbocycles. The van der Waals surface area contributed by atoms with Gasteiger partial charge in [0.05, 0.1) is 11.6 Å². The lowest BCUT2D eigenvalue weighted by Crippen LogP contribution is -2.33. The Labute approximate surface area is 128 Å². The molecule has 1 atom stereocenters. The molecular formula is C16H18N2O2S. The lowest BCUT2D eigenvalue weighted by atomic mass is 9.96. The van der Waals surface area contributed by atoms with Crippen LogP contribution in [0.3, 0.4) is 0 Å². The Bertz CT molecular complexity index is 598. The summed E-state index contributed by atoms with van der Waals surface area (Å²) < 4.78 is 5.70. The van der Waals surface area contributed by atoms with Gasteiger partial charge in [-0.15, -0.1) is 11.3 Å². The summed E-state index contributed by atoms with van der Waals surface area (Å²) in [5.41, 5.74) is 1.12. The van der Waals surface area contributed by atoms with Crippen molar-refractivity contribution < 1.29 is 9.53 Å². The van der Waals surface area contributed by atoms with Crippen LogP contribution in [-0.2, 0) is 17.6 Å².